The quantitative estimate of drug-likeness (QED) is 0.826. The lowest BCUT2D eigenvalue weighted by Crippen LogP contribution is -2.44. The summed E-state index contributed by atoms with van der Waals surface area (Å²) in [5, 5.41) is 0. The Hall–Kier alpha value is -1.42. The van der Waals surface area contributed by atoms with E-state index in [0.717, 1.165) is 50.6 Å². The largest absolute Gasteiger partial charge is 0.491 e. The zero-order valence-corrected chi connectivity index (χ0v) is 11.4. The summed E-state index contributed by atoms with van der Waals surface area (Å²) >= 11 is 0. The number of nitrogen functional groups attached to an aromatic ring is 1. The molecular weight excluding hydrogens is 226 g/mol. The number of ether oxygens (including phenoxy) is 1. The number of benzene rings is 1. The van der Waals surface area contributed by atoms with Crippen molar-refractivity contribution in [2.45, 2.75) is 13.3 Å². The molecule has 0 radical (unpaired) electrons. The van der Waals surface area contributed by atoms with Gasteiger partial charge in [-0.2, -0.15) is 0 Å². The van der Waals surface area contributed by atoms with E-state index in [2.05, 4.69) is 35.9 Å². The summed E-state index contributed by atoms with van der Waals surface area (Å²) in [6.07, 6.45) is 0.998. The van der Waals surface area contributed by atoms with Gasteiger partial charge in [-0.3, -0.25) is 0 Å². The van der Waals surface area contributed by atoms with Gasteiger partial charge >= 0.3 is 0 Å². The second-order valence-corrected chi connectivity index (χ2v) is 4.86. The Morgan fingerprint density at radius 3 is 2.61 bits per heavy atom. The number of nitrogens with two attached hydrogens (primary N) is 1. The Balaban J connectivity index is 2.08. The van der Waals surface area contributed by atoms with Crippen LogP contribution in [0.4, 0.5) is 11.4 Å². The van der Waals surface area contributed by atoms with Gasteiger partial charge in [0.25, 0.3) is 0 Å². The van der Waals surface area contributed by atoms with Gasteiger partial charge in [0.05, 0.1) is 12.3 Å². The summed E-state index contributed by atoms with van der Waals surface area (Å²) in [6, 6.07) is 6.09. The number of anilines is 2. The predicted molar refractivity (Wildman–Crippen MR) is 76.4 cm³/mol. The smallest absolute Gasteiger partial charge is 0.144 e. The van der Waals surface area contributed by atoms with Gasteiger partial charge in [0.15, 0.2) is 0 Å². The Bertz CT molecular complexity index is 387. The van der Waals surface area contributed by atoms with Gasteiger partial charge in [0.1, 0.15) is 5.75 Å². The summed E-state index contributed by atoms with van der Waals surface area (Å²) in [5.74, 6) is 0.813. The van der Waals surface area contributed by atoms with Crippen LogP contribution in [0.3, 0.4) is 0 Å². The zero-order valence-electron chi connectivity index (χ0n) is 11.4. The number of likely N-dealkylation sites (N-methyl/N-ethyl adjacent to an activating group) is 1. The number of piperazine rings is 1. The fourth-order valence-electron chi connectivity index (χ4n) is 2.12. The van der Waals surface area contributed by atoms with Gasteiger partial charge in [-0.25, -0.2) is 0 Å². The maximum atomic E-state index is 5.93. The van der Waals surface area contributed by atoms with E-state index in [1.807, 2.05) is 6.07 Å². The molecule has 1 heterocycles. The van der Waals surface area contributed by atoms with Gasteiger partial charge in [-0.05, 0) is 25.6 Å². The molecule has 1 aromatic rings. The van der Waals surface area contributed by atoms with E-state index >= 15 is 0 Å². The van der Waals surface area contributed by atoms with Gasteiger partial charge in [0.2, 0.25) is 0 Å². The molecule has 4 heteroatoms. The molecular formula is C14H23N3O. The molecule has 1 saturated heterocycles. The maximum Gasteiger partial charge on any atom is 0.144 e. The summed E-state index contributed by atoms with van der Waals surface area (Å²) in [5.41, 5.74) is 7.87. The van der Waals surface area contributed by atoms with E-state index in [0.29, 0.717) is 0 Å². The van der Waals surface area contributed by atoms with E-state index in [9.17, 15) is 0 Å². The minimum Gasteiger partial charge on any atom is -0.491 e. The molecule has 1 aliphatic heterocycles. The van der Waals surface area contributed by atoms with Crippen molar-refractivity contribution < 1.29 is 4.74 Å². The van der Waals surface area contributed by atoms with Crippen molar-refractivity contribution in [1.29, 1.82) is 0 Å². The maximum absolute atomic E-state index is 5.93. The third-order valence-electron chi connectivity index (χ3n) is 3.33. The topological polar surface area (TPSA) is 41.7 Å². The van der Waals surface area contributed by atoms with E-state index in [4.69, 9.17) is 10.5 Å². The fraction of sp³-hybridized carbons (Fsp3) is 0.571. The zero-order chi connectivity index (χ0) is 13.0. The van der Waals surface area contributed by atoms with Crippen LogP contribution >= 0.6 is 0 Å². The third kappa shape index (κ3) is 3.07. The van der Waals surface area contributed by atoms with Gasteiger partial charge < -0.3 is 20.3 Å². The molecule has 0 amide bonds. The molecule has 1 aliphatic rings. The summed E-state index contributed by atoms with van der Waals surface area (Å²) < 4.78 is 5.68. The van der Waals surface area contributed by atoms with Crippen molar-refractivity contribution in [3.8, 4) is 5.75 Å². The van der Waals surface area contributed by atoms with Crippen LogP contribution < -0.4 is 15.4 Å². The molecule has 1 fully saturated rings. The summed E-state index contributed by atoms with van der Waals surface area (Å²) in [6.45, 7) is 7.16. The molecule has 0 unspecified atom stereocenters. The first-order chi connectivity index (χ1) is 8.70. The van der Waals surface area contributed by atoms with E-state index < -0.39 is 0 Å². The highest BCUT2D eigenvalue weighted by atomic mass is 16.5. The fourth-order valence-corrected chi connectivity index (χ4v) is 2.12. The number of hydrogen-bond acceptors (Lipinski definition) is 4. The lowest BCUT2D eigenvalue weighted by atomic mass is 10.2. The van der Waals surface area contributed by atoms with Crippen LogP contribution in [0.1, 0.15) is 13.3 Å². The van der Waals surface area contributed by atoms with Crippen LogP contribution in [0.25, 0.3) is 0 Å². The van der Waals surface area contributed by atoms with Crippen molar-refractivity contribution in [1.82, 2.24) is 4.90 Å². The number of hydrogen-bond donors (Lipinski definition) is 1. The van der Waals surface area contributed by atoms with Gasteiger partial charge in [0, 0.05) is 37.9 Å². The molecule has 4 nitrogen and oxygen atoms in total. The molecule has 100 valence electrons. The average molecular weight is 249 g/mol. The molecule has 2 N–H and O–H groups in total. The molecule has 0 saturated carbocycles. The highest BCUT2D eigenvalue weighted by Gasteiger charge is 2.15. The average Bonchev–Trinajstić information content (AvgIpc) is 2.39. The number of nitrogens with zero attached hydrogens (tertiary/aromatic N) is 2. The molecule has 0 atom stereocenters. The number of rotatable bonds is 4. The van der Waals surface area contributed by atoms with Crippen LogP contribution in [0.15, 0.2) is 18.2 Å². The SMILES string of the molecule is CCCOc1cc(N2CCN(C)CC2)ccc1N. The molecule has 1 aromatic carbocycles. The summed E-state index contributed by atoms with van der Waals surface area (Å²) in [4.78, 5) is 4.74. The Kier molecular flexibility index (Phi) is 4.31. The lowest BCUT2D eigenvalue weighted by molar-refractivity contribution is 0.311. The Morgan fingerprint density at radius 2 is 1.94 bits per heavy atom. The van der Waals surface area contributed by atoms with Gasteiger partial charge in [-0.15, -0.1) is 0 Å². The standard InChI is InChI=1S/C14H23N3O/c1-3-10-18-14-11-12(4-5-13(14)15)17-8-6-16(2)7-9-17/h4-5,11H,3,6-10,15H2,1-2H3. The third-order valence-corrected chi connectivity index (χ3v) is 3.33. The monoisotopic (exact) mass is 249 g/mol. The Labute approximate surface area is 109 Å². The normalized spacial score (nSPS) is 16.9. The second kappa shape index (κ2) is 5.96. The van der Waals surface area contributed by atoms with Crippen LogP contribution in [0.5, 0.6) is 5.75 Å². The molecule has 2 rings (SSSR count). The first-order valence-electron chi connectivity index (χ1n) is 6.66. The van der Waals surface area contributed by atoms with Crippen LogP contribution in [0, 0.1) is 0 Å². The van der Waals surface area contributed by atoms with Crippen molar-refractivity contribution >= 4 is 11.4 Å². The van der Waals surface area contributed by atoms with E-state index in [1.165, 1.54) is 5.69 Å². The van der Waals surface area contributed by atoms with Gasteiger partial charge in [-0.1, -0.05) is 6.92 Å². The first-order valence-corrected chi connectivity index (χ1v) is 6.66. The van der Waals surface area contributed by atoms with E-state index in [1.54, 1.807) is 0 Å². The highest BCUT2D eigenvalue weighted by Crippen LogP contribution is 2.28. The van der Waals surface area contributed by atoms with Crippen molar-refractivity contribution in [2.24, 2.45) is 0 Å². The minimum absolute atomic E-state index is 0.719. The summed E-state index contributed by atoms with van der Waals surface area (Å²) in [7, 11) is 2.16. The van der Waals surface area contributed by atoms with Crippen molar-refractivity contribution in [3.05, 3.63) is 18.2 Å². The minimum atomic E-state index is 0.719. The van der Waals surface area contributed by atoms with Crippen molar-refractivity contribution in [3.63, 3.8) is 0 Å². The predicted octanol–water partition coefficient (Wildman–Crippen LogP) is 1.81. The lowest BCUT2D eigenvalue weighted by Gasteiger charge is -2.34. The second-order valence-electron chi connectivity index (χ2n) is 4.86. The molecule has 18 heavy (non-hydrogen) atoms. The first kappa shape index (κ1) is 13.0. The van der Waals surface area contributed by atoms with Crippen LogP contribution in [-0.2, 0) is 0 Å². The van der Waals surface area contributed by atoms with Crippen LogP contribution in [0.2, 0.25) is 0 Å². The van der Waals surface area contributed by atoms with Crippen molar-refractivity contribution in [2.75, 3.05) is 50.5 Å². The highest BCUT2D eigenvalue weighted by molar-refractivity contribution is 5.62. The molecule has 0 spiro atoms. The Morgan fingerprint density at radius 1 is 1.22 bits per heavy atom. The molecule has 0 aromatic heterocycles. The van der Waals surface area contributed by atoms with Crippen LogP contribution in [-0.4, -0.2) is 44.7 Å². The van der Waals surface area contributed by atoms with E-state index in [-0.39, 0.29) is 0 Å². The molecule has 0 aliphatic carbocycles. The molecule has 0 bridgehead atoms.